The summed E-state index contributed by atoms with van der Waals surface area (Å²) in [4.78, 5) is 16.6. The Labute approximate surface area is 330 Å². The topological polar surface area (TPSA) is 63.2 Å². The molecule has 284 valence electrons. The van der Waals surface area contributed by atoms with Gasteiger partial charge in [-0.3, -0.25) is 0 Å². The molecule has 4 N–H and O–H groups in total. The van der Waals surface area contributed by atoms with Gasteiger partial charge in [0.2, 0.25) is 0 Å². The van der Waals surface area contributed by atoms with Crippen LogP contribution < -0.4 is 21.4 Å². The van der Waals surface area contributed by atoms with E-state index >= 15 is 0 Å². The number of nitrogens with one attached hydrogen (secondary N) is 4. The molecule has 16 bridgehead atoms. The fourth-order valence-electron chi connectivity index (χ4n) is 14.5. The number of allylic oxidation sites excluding steroid dienone is 8. The number of aromatic nitrogens is 4. The number of rotatable bonds is 0. The van der Waals surface area contributed by atoms with Crippen LogP contribution in [0, 0.1) is 21.7 Å². The third-order valence-corrected chi connectivity index (χ3v) is 16.9. The summed E-state index contributed by atoms with van der Waals surface area (Å²) in [5, 5.41) is 5.18. The van der Waals surface area contributed by atoms with Crippen molar-refractivity contribution in [2.75, 3.05) is 0 Å². The van der Waals surface area contributed by atoms with E-state index in [0.717, 1.165) is 0 Å². The zero-order valence-electron chi connectivity index (χ0n) is 34.4. The molecule has 0 spiro atoms. The lowest BCUT2D eigenvalue weighted by Gasteiger charge is -2.45. The van der Waals surface area contributed by atoms with Gasteiger partial charge in [-0.25, -0.2) is 0 Å². The molecular weight excluding hydrogens is 681 g/mol. The van der Waals surface area contributed by atoms with Crippen molar-refractivity contribution in [2.24, 2.45) is 21.7 Å². The third-order valence-electron chi connectivity index (χ3n) is 16.9. The second-order valence-corrected chi connectivity index (χ2v) is 22.3. The van der Waals surface area contributed by atoms with Gasteiger partial charge in [0.25, 0.3) is 0 Å². The average molecular weight is 737 g/mol. The van der Waals surface area contributed by atoms with Crippen molar-refractivity contribution in [2.45, 2.75) is 128 Å². The van der Waals surface area contributed by atoms with Crippen LogP contribution in [-0.2, 0) is 0 Å². The molecule has 4 heteroatoms. The molecule has 1 aliphatic heterocycles. The van der Waals surface area contributed by atoms with E-state index in [2.05, 4.69) is 148 Å². The van der Waals surface area contributed by atoms with E-state index in [1.54, 1.807) is 0 Å². The van der Waals surface area contributed by atoms with Crippen LogP contribution in [0.25, 0.3) is 24.3 Å². The summed E-state index contributed by atoms with van der Waals surface area (Å²) in [6, 6.07) is 0. The predicted molar refractivity (Wildman–Crippen MR) is 228 cm³/mol. The maximum absolute atomic E-state index is 4.16. The zero-order chi connectivity index (χ0) is 38.0. The molecule has 4 nitrogen and oxygen atoms in total. The zero-order valence-corrected chi connectivity index (χ0v) is 34.4. The summed E-state index contributed by atoms with van der Waals surface area (Å²) < 4.78 is 0. The lowest BCUT2D eigenvalue weighted by atomic mass is 9.58. The van der Waals surface area contributed by atoms with E-state index in [-0.39, 0.29) is 21.7 Å². The van der Waals surface area contributed by atoms with Crippen LogP contribution in [0.1, 0.15) is 196 Å². The Kier molecular flexibility index (Phi) is 5.81. The minimum atomic E-state index is 0.210. The van der Waals surface area contributed by atoms with Crippen molar-refractivity contribution in [3.8, 4) is 0 Å². The van der Waals surface area contributed by atoms with Gasteiger partial charge in [-0.1, -0.05) is 104 Å². The first kappa shape index (κ1) is 32.6. The van der Waals surface area contributed by atoms with Gasteiger partial charge >= 0.3 is 0 Å². The highest BCUT2D eigenvalue weighted by molar-refractivity contribution is 5.72. The number of hydrogen-bond donors (Lipinski definition) is 4. The second kappa shape index (κ2) is 9.98. The molecule has 0 amide bonds. The molecule has 4 aromatic rings. The van der Waals surface area contributed by atoms with Crippen LogP contribution in [0.4, 0.5) is 0 Å². The highest BCUT2D eigenvalue weighted by atomic mass is 14.8. The lowest BCUT2D eigenvalue weighted by molar-refractivity contribution is 0.250. The summed E-state index contributed by atoms with van der Waals surface area (Å²) >= 11 is 0. The quantitative estimate of drug-likeness (QED) is 0.115. The van der Waals surface area contributed by atoms with Gasteiger partial charge in [-0.15, -0.1) is 0 Å². The number of hydrogen-bond acceptors (Lipinski definition) is 0. The van der Waals surface area contributed by atoms with Crippen molar-refractivity contribution in [1.82, 2.24) is 19.9 Å². The molecule has 0 saturated heterocycles. The Morgan fingerprint density at radius 1 is 0.321 bits per heavy atom. The van der Waals surface area contributed by atoms with Gasteiger partial charge in [0.15, 0.2) is 0 Å². The third kappa shape index (κ3) is 3.97. The minimum absolute atomic E-state index is 0.210. The summed E-state index contributed by atoms with van der Waals surface area (Å²) in [6.07, 6.45) is 35.1. The Bertz CT molecular complexity index is 2680. The monoisotopic (exact) mass is 736 g/mol. The molecule has 8 unspecified atom stereocenters. The van der Waals surface area contributed by atoms with Gasteiger partial charge in [0.1, 0.15) is 0 Å². The first-order valence-electron chi connectivity index (χ1n) is 21.8. The standard InChI is InChI=1S/C52H56N4/c1-49(2)21-25-9-13-29(49)45-37-17-34-42-26-10-14-31(50(3,4)22-26)47(42)39(54-34)19-36-44-28-12-16-32(52(7,8)24-28)48(44)40(56-36)20-35-43-27-11-15-30(51(5,6)23-27)46(43)38(55-35)18-33(53-37)41(25)45/h9-20,25-32,53-56H,21-24H2,1-8H3. The second-order valence-electron chi connectivity index (χ2n) is 22.3. The van der Waals surface area contributed by atoms with Crippen LogP contribution in [0.15, 0.2) is 48.6 Å². The highest BCUT2D eigenvalue weighted by Crippen LogP contribution is 2.60. The molecular formula is C52H56N4. The Morgan fingerprint density at radius 3 is 0.911 bits per heavy atom. The maximum Gasteiger partial charge on any atom is 0.0447 e. The fourth-order valence-corrected chi connectivity index (χ4v) is 14.5. The van der Waals surface area contributed by atoms with E-state index in [1.807, 2.05) is 0 Å². The van der Waals surface area contributed by atoms with Crippen molar-refractivity contribution in [3.05, 3.63) is 137 Å². The van der Waals surface area contributed by atoms with E-state index in [0.29, 0.717) is 47.3 Å². The van der Waals surface area contributed by atoms with Crippen molar-refractivity contribution < 1.29 is 0 Å². The van der Waals surface area contributed by atoms with Crippen LogP contribution in [0.3, 0.4) is 0 Å². The Hall–Kier alpha value is -4.44. The first-order chi connectivity index (χ1) is 26.7. The number of aromatic amines is 4. The molecule has 56 heavy (non-hydrogen) atoms. The minimum Gasteiger partial charge on any atom is -0.355 e. The van der Waals surface area contributed by atoms with Crippen molar-refractivity contribution in [3.63, 3.8) is 0 Å². The first-order valence-corrected chi connectivity index (χ1v) is 21.8. The highest BCUT2D eigenvalue weighted by Gasteiger charge is 2.49. The molecule has 0 fully saturated rings. The Morgan fingerprint density at radius 2 is 0.589 bits per heavy atom. The predicted octanol–water partition coefficient (Wildman–Crippen LogP) is 9.30. The number of fused-ring (bicyclic) bond motifs is 12. The average Bonchev–Trinajstić information content (AvgIpc) is 3.88. The summed E-state index contributed by atoms with van der Waals surface area (Å²) in [6.45, 7) is 19.9. The summed E-state index contributed by atoms with van der Waals surface area (Å²) in [7, 11) is 0. The van der Waals surface area contributed by atoms with Gasteiger partial charge in [-0.05, 0) is 116 Å². The van der Waals surface area contributed by atoms with E-state index < -0.39 is 0 Å². The molecule has 8 atom stereocenters. The van der Waals surface area contributed by atoms with Crippen molar-refractivity contribution >= 4 is 24.3 Å². The van der Waals surface area contributed by atoms with Crippen molar-refractivity contribution in [1.29, 1.82) is 0 Å². The molecule has 4 aromatic heterocycles. The van der Waals surface area contributed by atoms with Crippen LogP contribution in [-0.4, -0.2) is 19.9 Å². The van der Waals surface area contributed by atoms with Gasteiger partial charge in [0.05, 0.1) is 0 Å². The molecule has 0 aromatic carbocycles. The summed E-state index contributed by atoms with van der Waals surface area (Å²) in [5.74, 6) is 3.20. The molecule has 5 heterocycles. The Balaban J connectivity index is 1.18. The van der Waals surface area contributed by atoms with E-state index in [4.69, 9.17) is 0 Å². The molecule has 13 aliphatic rings. The van der Waals surface area contributed by atoms with Crippen LogP contribution >= 0.6 is 0 Å². The normalized spacial score (nSPS) is 33.6. The van der Waals surface area contributed by atoms with Gasteiger partial charge in [-0.2, -0.15) is 0 Å². The molecule has 0 saturated carbocycles. The SMILES string of the molecule is CC1(C)CC2C=CC1c1c3[nH]c(c12)C=c1[nH]c(c2c1C1C=CC2CC1(C)C)=Cc1[nH]c(c2c1C1C=CC2CC1(C)C)C=c1[nH]c(c2c1C1C=CC2CC1(C)C)=C3. The fraction of sp³-hybridized carbons (Fsp3) is 0.462. The van der Waals surface area contributed by atoms with Crippen LogP contribution in [0.2, 0.25) is 0 Å². The van der Waals surface area contributed by atoms with Gasteiger partial charge in [0, 0.05) is 91.5 Å². The summed E-state index contributed by atoms with van der Waals surface area (Å²) in [5.41, 5.74) is 18.2. The smallest absolute Gasteiger partial charge is 0.0447 e. The molecule has 12 aliphatic carbocycles. The maximum atomic E-state index is 4.16. The molecule has 17 rings (SSSR count). The van der Waals surface area contributed by atoms with E-state index in [9.17, 15) is 0 Å². The lowest BCUT2D eigenvalue weighted by Crippen LogP contribution is -2.36. The van der Waals surface area contributed by atoms with E-state index in [1.165, 1.54) is 114 Å². The van der Waals surface area contributed by atoms with Gasteiger partial charge < -0.3 is 19.9 Å². The number of H-pyrrole nitrogens is 4. The largest absolute Gasteiger partial charge is 0.355 e. The molecule has 0 radical (unpaired) electrons. The van der Waals surface area contributed by atoms with Crippen LogP contribution in [0.5, 0.6) is 0 Å².